The molecular formula is C23H41N3O. The van der Waals surface area contributed by atoms with Crippen LogP contribution in [0.5, 0.6) is 0 Å². The molecule has 0 radical (unpaired) electrons. The van der Waals surface area contributed by atoms with Gasteiger partial charge in [-0.3, -0.25) is 4.79 Å². The molecule has 0 spiro atoms. The van der Waals surface area contributed by atoms with Crippen LogP contribution in [0.25, 0.3) is 0 Å². The van der Waals surface area contributed by atoms with Crippen LogP contribution in [0.1, 0.15) is 78.6 Å². The van der Waals surface area contributed by atoms with Gasteiger partial charge in [0.1, 0.15) is 0 Å². The fraction of sp³-hybridized carbons (Fsp3) is 0.870. The molecule has 4 nitrogen and oxygen atoms in total. The zero-order valence-corrected chi connectivity index (χ0v) is 17.7. The minimum absolute atomic E-state index is 0.175. The highest BCUT2D eigenvalue weighted by Crippen LogP contribution is 2.63. The number of carbonyl (C=O) groups excluding carboxylic acids is 1. The van der Waals surface area contributed by atoms with E-state index in [1.807, 2.05) is 0 Å². The average Bonchev–Trinajstić information content (AvgIpc) is 2.99. The second-order valence-electron chi connectivity index (χ2n) is 9.79. The average molecular weight is 376 g/mol. The van der Waals surface area contributed by atoms with Crippen molar-refractivity contribution in [3.05, 3.63) is 12.4 Å². The van der Waals surface area contributed by atoms with Gasteiger partial charge in [-0.25, -0.2) is 5.84 Å². The standard InChI is InChI=1S/C23H41N3O/c1-4-6-17-16(5-2)7-8-19-18(17)11-12-23(3)20(19)9-10-21(23)22(27)15-26(25)14-13-24/h13-14,16-21H,4-12,15,24-25H2,1-3H3/b14-13-. The van der Waals surface area contributed by atoms with Crippen molar-refractivity contribution in [3.63, 3.8) is 0 Å². The molecule has 154 valence electrons. The van der Waals surface area contributed by atoms with Crippen molar-refractivity contribution in [2.75, 3.05) is 6.54 Å². The van der Waals surface area contributed by atoms with Gasteiger partial charge in [0.15, 0.2) is 5.78 Å². The molecule has 0 aliphatic heterocycles. The topological polar surface area (TPSA) is 72.3 Å². The van der Waals surface area contributed by atoms with E-state index in [4.69, 9.17) is 11.6 Å². The third kappa shape index (κ3) is 3.79. The lowest BCUT2D eigenvalue weighted by Gasteiger charge is -2.54. The maximum Gasteiger partial charge on any atom is 0.157 e. The Hall–Kier alpha value is -1.03. The lowest BCUT2D eigenvalue weighted by molar-refractivity contribution is -0.130. The Bertz CT molecular complexity index is 548. The van der Waals surface area contributed by atoms with E-state index >= 15 is 0 Å². The van der Waals surface area contributed by atoms with Crippen LogP contribution < -0.4 is 11.6 Å². The largest absolute Gasteiger partial charge is 0.403 e. The minimum atomic E-state index is 0.175. The quantitative estimate of drug-likeness (QED) is 0.509. The second kappa shape index (κ2) is 8.55. The zero-order chi connectivity index (χ0) is 19.6. The zero-order valence-electron chi connectivity index (χ0n) is 17.7. The summed E-state index contributed by atoms with van der Waals surface area (Å²) in [5.74, 6) is 10.7. The van der Waals surface area contributed by atoms with Crippen LogP contribution in [0.2, 0.25) is 0 Å². The van der Waals surface area contributed by atoms with Gasteiger partial charge in [0.2, 0.25) is 0 Å². The third-order valence-electron chi connectivity index (χ3n) is 8.67. The highest BCUT2D eigenvalue weighted by atomic mass is 16.1. The van der Waals surface area contributed by atoms with Crippen molar-refractivity contribution in [1.82, 2.24) is 5.01 Å². The lowest BCUT2D eigenvalue weighted by atomic mass is 9.50. The van der Waals surface area contributed by atoms with Gasteiger partial charge in [-0.15, -0.1) is 0 Å². The molecule has 3 aliphatic rings. The first-order valence-electron chi connectivity index (χ1n) is 11.4. The van der Waals surface area contributed by atoms with Crippen molar-refractivity contribution < 1.29 is 4.79 Å². The molecule has 3 saturated carbocycles. The molecule has 0 aromatic heterocycles. The number of nitrogens with zero attached hydrogens (tertiary/aromatic N) is 1. The van der Waals surface area contributed by atoms with E-state index in [1.54, 1.807) is 6.20 Å². The maximum atomic E-state index is 13.0. The van der Waals surface area contributed by atoms with Crippen LogP contribution in [0, 0.1) is 40.9 Å². The highest BCUT2D eigenvalue weighted by molar-refractivity contribution is 5.84. The molecule has 7 unspecified atom stereocenters. The molecule has 4 heteroatoms. The number of rotatable bonds is 7. The van der Waals surface area contributed by atoms with Crippen LogP contribution in [-0.4, -0.2) is 17.3 Å². The third-order valence-corrected chi connectivity index (χ3v) is 8.67. The van der Waals surface area contributed by atoms with Crippen LogP contribution >= 0.6 is 0 Å². The van der Waals surface area contributed by atoms with Crippen molar-refractivity contribution in [1.29, 1.82) is 0 Å². The highest BCUT2D eigenvalue weighted by Gasteiger charge is 2.57. The Morgan fingerprint density at radius 2 is 1.93 bits per heavy atom. The fourth-order valence-electron chi connectivity index (χ4n) is 7.51. The number of carbonyl (C=O) groups is 1. The molecule has 3 aliphatic carbocycles. The fourth-order valence-corrected chi connectivity index (χ4v) is 7.51. The second-order valence-corrected chi connectivity index (χ2v) is 9.79. The Morgan fingerprint density at radius 3 is 2.59 bits per heavy atom. The van der Waals surface area contributed by atoms with Crippen LogP contribution in [0.15, 0.2) is 12.4 Å². The number of hydrazine groups is 1. The van der Waals surface area contributed by atoms with E-state index < -0.39 is 0 Å². The molecule has 0 amide bonds. The number of fused-ring (bicyclic) bond motifs is 3. The van der Waals surface area contributed by atoms with Gasteiger partial charge in [0.25, 0.3) is 0 Å². The molecule has 27 heavy (non-hydrogen) atoms. The normalized spacial score (nSPS) is 41.3. The summed E-state index contributed by atoms with van der Waals surface area (Å²) in [6.07, 6.45) is 14.7. The van der Waals surface area contributed by atoms with Crippen LogP contribution in [0.3, 0.4) is 0 Å². The smallest absolute Gasteiger partial charge is 0.157 e. The van der Waals surface area contributed by atoms with Crippen molar-refractivity contribution in [2.24, 2.45) is 52.5 Å². The van der Waals surface area contributed by atoms with Crippen molar-refractivity contribution in [2.45, 2.75) is 78.6 Å². The molecule has 0 heterocycles. The summed E-state index contributed by atoms with van der Waals surface area (Å²) in [5, 5.41) is 1.44. The molecule has 3 fully saturated rings. The number of hydrogen-bond donors (Lipinski definition) is 2. The van der Waals surface area contributed by atoms with Gasteiger partial charge < -0.3 is 10.7 Å². The molecule has 3 rings (SSSR count). The Labute approximate surface area is 166 Å². The molecule has 4 N–H and O–H groups in total. The van der Waals surface area contributed by atoms with E-state index in [1.165, 1.54) is 62.6 Å². The summed E-state index contributed by atoms with van der Waals surface area (Å²) in [5.41, 5.74) is 5.59. The summed E-state index contributed by atoms with van der Waals surface area (Å²) in [4.78, 5) is 13.0. The van der Waals surface area contributed by atoms with Crippen LogP contribution in [-0.2, 0) is 4.79 Å². The number of nitrogens with two attached hydrogens (primary N) is 2. The maximum absolute atomic E-state index is 13.0. The molecular weight excluding hydrogens is 334 g/mol. The molecule has 7 atom stereocenters. The number of Topliss-reactive ketones (excluding diaryl/α,β-unsaturated/α-hetero) is 1. The van der Waals surface area contributed by atoms with Crippen LogP contribution in [0.4, 0.5) is 0 Å². The summed E-state index contributed by atoms with van der Waals surface area (Å²) >= 11 is 0. The molecule has 0 aromatic rings. The lowest BCUT2D eigenvalue weighted by Crippen LogP contribution is -2.49. The van der Waals surface area contributed by atoms with Gasteiger partial charge in [-0.05, 0) is 73.5 Å². The van der Waals surface area contributed by atoms with Gasteiger partial charge in [0.05, 0.1) is 6.54 Å². The first kappa shape index (κ1) is 20.7. The van der Waals surface area contributed by atoms with Crippen molar-refractivity contribution >= 4 is 5.78 Å². The van der Waals surface area contributed by atoms with E-state index in [9.17, 15) is 4.79 Å². The minimum Gasteiger partial charge on any atom is -0.403 e. The summed E-state index contributed by atoms with van der Waals surface area (Å²) < 4.78 is 0. The Balaban J connectivity index is 1.74. The van der Waals surface area contributed by atoms with Gasteiger partial charge in [-0.1, -0.05) is 40.0 Å². The van der Waals surface area contributed by atoms with Gasteiger partial charge >= 0.3 is 0 Å². The van der Waals surface area contributed by atoms with Gasteiger partial charge in [-0.2, -0.15) is 0 Å². The van der Waals surface area contributed by atoms with E-state index in [0.717, 1.165) is 36.0 Å². The van der Waals surface area contributed by atoms with E-state index in [-0.39, 0.29) is 17.9 Å². The molecule has 0 bridgehead atoms. The molecule has 0 saturated heterocycles. The SMILES string of the molecule is CCCC1C(CC)CCC2C1CCC1(C)C(C(=O)CN(N)/C=C\N)CCC21. The number of hydrogen-bond acceptors (Lipinski definition) is 4. The predicted octanol–water partition coefficient (Wildman–Crippen LogP) is 4.46. The Kier molecular flexibility index (Phi) is 6.55. The predicted molar refractivity (Wildman–Crippen MR) is 111 cm³/mol. The van der Waals surface area contributed by atoms with E-state index in [0.29, 0.717) is 5.78 Å². The summed E-state index contributed by atoms with van der Waals surface area (Å²) in [6, 6.07) is 0. The van der Waals surface area contributed by atoms with Crippen molar-refractivity contribution in [3.8, 4) is 0 Å². The first-order valence-corrected chi connectivity index (χ1v) is 11.4. The summed E-state index contributed by atoms with van der Waals surface area (Å²) in [7, 11) is 0. The monoisotopic (exact) mass is 375 g/mol. The number of ketones is 1. The first-order chi connectivity index (χ1) is 13.0. The Morgan fingerprint density at radius 1 is 1.15 bits per heavy atom. The van der Waals surface area contributed by atoms with E-state index in [2.05, 4.69) is 20.8 Å². The van der Waals surface area contributed by atoms with Gasteiger partial charge in [0, 0.05) is 18.3 Å². The summed E-state index contributed by atoms with van der Waals surface area (Å²) in [6.45, 7) is 7.44. The molecule has 0 aromatic carbocycles.